The predicted octanol–water partition coefficient (Wildman–Crippen LogP) is 2.46. The van der Waals surface area contributed by atoms with Crippen molar-refractivity contribution in [1.82, 2.24) is 10.2 Å². The summed E-state index contributed by atoms with van der Waals surface area (Å²) in [4.78, 5) is 24.7. The smallest absolute Gasteiger partial charge is 0.317 e. The number of carbonyl (C=O) groups excluding carboxylic acids is 1. The number of amides is 2. The van der Waals surface area contributed by atoms with Crippen LogP contribution in [0.25, 0.3) is 0 Å². The lowest BCUT2D eigenvalue weighted by atomic mass is 9.97. The number of aliphatic carboxylic acids is 1. The van der Waals surface area contributed by atoms with Gasteiger partial charge in [0.1, 0.15) is 5.75 Å². The monoisotopic (exact) mass is 370 g/mol. The van der Waals surface area contributed by atoms with Crippen molar-refractivity contribution in [2.24, 2.45) is 5.92 Å². The Bertz CT molecular complexity index is 556. The Kier molecular flexibility index (Phi) is 5.65. The number of methoxy groups -OCH3 is 1. The SMILES string of the molecule is COc1ccc(Br)cc1CNC(=O)N1CCC(C(=O)O)CC1. The molecule has 1 aliphatic rings. The van der Waals surface area contributed by atoms with Crippen LogP contribution >= 0.6 is 15.9 Å². The number of nitrogens with zero attached hydrogens (tertiary/aromatic N) is 1. The first-order chi connectivity index (χ1) is 10.5. The Labute approximate surface area is 137 Å². The number of carboxylic acid groups (broad SMARTS) is 1. The molecule has 7 heteroatoms. The molecule has 0 aliphatic carbocycles. The quantitative estimate of drug-likeness (QED) is 0.852. The molecule has 1 fully saturated rings. The molecular formula is C15H19BrN2O4. The van der Waals surface area contributed by atoms with Gasteiger partial charge in [-0.2, -0.15) is 0 Å². The molecule has 120 valence electrons. The predicted molar refractivity (Wildman–Crippen MR) is 84.9 cm³/mol. The molecule has 0 saturated carbocycles. The Morgan fingerprint density at radius 2 is 2.09 bits per heavy atom. The zero-order chi connectivity index (χ0) is 16.1. The topological polar surface area (TPSA) is 78.9 Å². The van der Waals surface area contributed by atoms with Crippen LogP contribution in [0.1, 0.15) is 18.4 Å². The molecule has 0 atom stereocenters. The number of piperidine rings is 1. The van der Waals surface area contributed by atoms with Gasteiger partial charge in [-0.3, -0.25) is 4.79 Å². The molecule has 0 radical (unpaired) electrons. The van der Waals surface area contributed by atoms with E-state index in [-0.39, 0.29) is 11.9 Å². The summed E-state index contributed by atoms with van der Waals surface area (Å²) in [5.41, 5.74) is 0.880. The van der Waals surface area contributed by atoms with E-state index in [1.807, 2.05) is 18.2 Å². The Morgan fingerprint density at radius 1 is 1.41 bits per heavy atom. The Hall–Kier alpha value is -1.76. The highest BCUT2D eigenvalue weighted by atomic mass is 79.9. The van der Waals surface area contributed by atoms with E-state index in [0.29, 0.717) is 38.2 Å². The lowest BCUT2D eigenvalue weighted by molar-refractivity contribution is -0.143. The Morgan fingerprint density at radius 3 is 2.68 bits per heavy atom. The molecule has 1 aliphatic heterocycles. The summed E-state index contributed by atoms with van der Waals surface area (Å²) >= 11 is 3.39. The van der Waals surface area contributed by atoms with E-state index in [2.05, 4.69) is 21.2 Å². The second-order valence-electron chi connectivity index (χ2n) is 5.21. The molecule has 1 aromatic rings. The Balaban J connectivity index is 1.88. The van der Waals surface area contributed by atoms with Gasteiger partial charge in [0.2, 0.25) is 0 Å². The zero-order valence-electron chi connectivity index (χ0n) is 12.3. The fraction of sp³-hybridized carbons (Fsp3) is 0.467. The first kappa shape index (κ1) is 16.6. The van der Waals surface area contributed by atoms with Gasteiger partial charge >= 0.3 is 12.0 Å². The number of halogens is 1. The van der Waals surface area contributed by atoms with Crippen molar-refractivity contribution in [2.45, 2.75) is 19.4 Å². The van der Waals surface area contributed by atoms with Crippen LogP contribution in [-0.2, 0) is 11.3 Å². The molecule has 2 rings (SSSR count). The lowest BCUT2D eigenvalue weighted by Gasteiger charge is -2.30. The van der Waals surface area contributed by atoms with Gasteiger partial charge in [-0.05, 0) is 31.0 Å². The molecule has 1 saturated heterocycles. The number of carbonyl (C=O) groups is 2. The molecule has 22 heavy (non-hydrogen) atoms. The number of benzene rings is 1. The van der Waals surface area contributed by atoms with Crippen molar-refractivity contribution in [2.75, 3.05) is 20.2 Å². The number of ether oxygens (including phenoxy) is 1. The summed E-state index contributed by atoms with van der Waals surface area (Å²) in [6, 6.07) is 5.44. The van der Waals surface area contributed by atoms with E-state index in [0.717, 1.165) is 10.0 Å². The minimum atomic E-state index is -0.779. The van der Waals surface area contributed by atoms with Gasteiger partial charge < -0.3 is 20.1 Å². The number of hydrogen-bond donors (Lipinski definition) is 2. The van der Waals surface area contributed by atoms with Crippen LogP contribution < -0.4 is 10.1 Å². The number of carboxylic acids is 1. The largest absolute Gasteiger partial charge is 0.496 e. The third-order valence-electron chi connectivity index (χ3n) is 3.80. The minimum Gasteiger partial charge on any atom is -0.496 e. The molecule has 1 heterocycles. The van der Waals surface area contributed by atoms with E-state index in [4.69, 9.17) is 9.84 Å². The van der Waals surface area contributed by atoms with E-state index in [1.54, 1.807) is 12.0 Å². The maximum absolute atomic E-state index is 12.1. The van der Waals surface area contributed by atoms with Crippen LogP contribution in [0.3, 0.4) is 0 Å². The minimum absolute atomic E-state index is 0.175. The maximum atomic E-state index is 12.1. The van der Waals surface area contributed by atoms with Gasteiger partial charge in [0.15, 0.2) is 0 Å². The van der Waals surface area contributed by atoms with Crippen LogP contribution in [0.2, 0.25) is 0 Å². The molecule has 0 aromatic heterocycles. The van der Waals surface area contributed by atoms with Gasteiger partial charge in [0.25, 0.3) is 0 Å². The number of likely N-dealkylation sites (tertiary alicyclic amines) is 1. The molecule has 6 nitrogen and oxygen atoms in total. The van der Waals surface area contributed by atoms with E-state index in [9.17, 15) is 9.59 Å². The molecule has 2 amide bonds. The number of hydrogen-bond acceptors (Lipinski definition) is 3. The van der Waals surface area contributed by atoms with E-state index < -0.39 is 5.97 Å². The summed E-state index contributed by atoms with van der Waals surface area (Å²) in [6.45, 7) is 1.30. The van der Waals surface area contributed by atoms with Crippen molar-refractivity contribution in [3.05, 3.63) is 28.2 Å². The molecule has 1 aromatic carbocycles. The summed E-state index contributed by atoms with van der Waals surface area (Å²) in [7, 11) is 1.59. The van der Waals surface area contributed by atoms with Gasteiger partial charge in [0.05, 0.1) is 13.0 Å². The first-order valence-electron chi connectivity index (χ1n) is 7.09. The van der Waals surface area contributed by atoms with Crippen molar-refractivity contribution < 1.29 is 19.4 Å². The average molecular weight is 371 g/mol. The fourth-order valence-corrected chi connectivity index (χ4v) is 2.91. The van der Waals surface area contributed by atoms with Crippen molar-refractivity contribution in [3.8, 4) is 5.75 Å². The maximum Gasteiger partial charge on any atom is 0.317 e. The summed E-state index contributed by atoms with van der Waals surface area (Å²) in [5, 5.41) is 11.8. The van der Waals surface area contributed by atoms with Crippen molar-refractivity contribution in [1.29, 1.82) is 0 Å². The van der Waals surface area contributed by atoms with Crippen LogP contribution in [0.15, 0.2) is 22.7 Å². The van der Waals surface area contributed by atoms with Gasteiger partial charge in [-0.15, -0.1) is 0 Å². The number of urea groups is 1. The standard InChI is InChI=1S/C15H19BrN2O4/c1-22-13-3-2-12(16)8-11(13)9-17-15(21)18-6-4-10(5-7-18)14(19)20/h2-3,8,10H,4-7,9H2,1H3,(H,17,21)(H,19,20). The van der Waals surface area contributed by atoms with Gasteiger partial charge in [-0.1, -0.05) is 15.9 Å². The van der Waals surface area contributed by atoms with Gasteiger partial charge in [-0.25, -0.2) is 4.79 Å². The summed E-state index contributed by atoms with van der Waals surface area (Å²) in [6.07, 6.45) is 1.01. The molecule has 0 bridgehead atoms. The third kappa shape index (κ3) is 4.13. The average Bonchev–Trinajstić information content (AvgIpc) is 2.52. The molecule has 2 N–H and O–H groups in total. The number of rotatable bonds is 4. The molecule has 0 unspecified atom stereocenters. The second kappa shape index (κ2) is 7.49. The second-order valence-corrected chi connectivity index (χ2v) is 6.13. The normalized spacial score (nSPS) is 15.5. The highest BCUT2D eigenvalue weighted by Gasteiger charge is 2.26. The summed E-state index contributed by atoms with van der Waals surface area (Å²) in [5.74, 6) is -0.402. The van der Waals surface area contributed by atoms with Crippen LogP contribution in [0, 0.1) is 5.92 Å². The fourth-order valence-electron chi connectivity index (χ4n) is 2.50. The van der Waals surface area contributed by atoms with Crippen LogP contribution in [-0.4, -0.2) is 42.2 Å². The highest BCUT2D eigenvalue weighted by Crippen LogP contribution is 2.23. The van der Waals surface area contributed by atoms with E-state index >= 15 is 0 Å². The van der Waals surface area contributed by atoms with Crippen LogP contribution in [0.4, 0.5) is 4.79 Å². The zero-order valence-corrected chi connectivity index (χ0v) is 13.9. The van der Waals surface area contributed by atoms with Crippen LogP contribution in [0.5, 0.6) is 5.75 Å². The molecular weight excluding hydrogens is 352 g/mol. The van der Waals surface area contributed by atoms with Gasteiger partial charge in [0, 0.05) is 29.7 Å². The van der Waals surface area contributed by atoms with Crippen molar-refractivity contribution in [3.63, 3.8) is 0 Å². The van der Waals surface area contributed by atoms with Crippen molar-refractivity contribution >= 4 is 27.9 Å². The lowest BCUT2D eigenvalue weighted by Crippen LogP contribution is -2.45. The van der Waals surface area contributed by atoms with E-state index in [1.165, 1.54) is 0 Å². The summed E-state index contributed by atoms with van der Waals surface area (Å²) < 4.78 is 6.18. The number of nitrogens with one attached hydrogen (secondary N) is 1. The third-order valence-corrected chi connectivity index (χ3v) is 4.30. The highest BCUT2D eigenvalue weighted by molar-refractivity contribution is 9.10. The first-order valence-corrected chi connectivity index (χ1v) is 7.88. The molecule has 0 spiro atoms.